The predicted octanol–water partition coefficient (Wildman–Crippen LogP) is 5.48. The Labute approximate surface area is 268 Å². The first-order valence-electron chi connectivity index (χ1n) is 15.6. The summed E-state index contributed by atoms with van der Waals surface area (Å²) in [6.07, 6.45) is 9.09. The molecule has 2 saturated heterocycles. The molecule has 3 aromatic heterocycles. The molecule has 0 spiro atoms. The van der Waals surface area contributed by atoms with Gasteiger partial charge in [0, 0.05) is 88.2 Å². The highest BCUT2D eigenvalue weighted by Gasteiger charge is 2.23. The van der Waals surface area contributed by atoms with Crippen LogP contribution in [0.25, 0.3) is 22.6 Å². The van der Waals surface area contributed by atoms with Crippen molar-refractivity contribution in [2.45, 2.75) is 32.0 Å². The first-order chi connectivity index (χ1) is 22.1. The summed E-state index contributed by atoms with van der Waals surface area (Å²) in [7, 11) is 1.70. The normalized spacial score (nSPS) is 16.7. The van der Waals surface area contributed by atoms with Gasteiger partial charge in [-0.2, -0.15) is 0 Å². The number of nitrogens with one attached hydrogen (secondary N) is 2. The Morgan fingerprint density at radius 3 is 2.33 bits per heavy atom. The van der Waals surface area contributed by atoms with Gasteiger partial charge in [-0.25, -0.2) is 9.97 Å². The number of aromatic amines is 1. The zero-order valence-corrected chi connectivity index (χ0v) is 26.2. The molecule has 0 aliphatic carbocycles. The topological polar surface area (TPSA) is 98.3 Å². The van der Waals surface area contributed by atoms with Crippen LogP contribution in [0.1, 0.15) is 24.1 Å². The minimum absolute atomic E-state index is 0.320. The standard InChI is InChI=1S/C34H38ClN9O/c1-45-29-8-2-24(3-9-29)22-42-14-10-26(11-15-42)39-31-30(35)21-38-34-32(31)40-33(41-34)25-4-6-28(7-5-25)44-18-16-43(17-19-44)23-27-20-36-12-13-37-27/h2-9,12-13,20-21,26H,10-11,14-19,22-23H2,1H3,(H2,38,39,40,41). The van der Waals surface area contributed by atoms with Gasteiger partial charge in [0.25, 0.3) is 0 Å². The fraction of sp³-hybridized carbons (Fsp3) is 0.353. The van der Waals surface area contributed by atoms with Crippen LogP contribution in [0.3, 0.4) is 0 Å². The SMILES string of the molecule is COc1ccc(CN2CCC(Nc3c(Cl)cnc4[nH]c(-c5ccc(N6CCN(Cc7cnccn7)CC6)cc5)nc34)CC2)cc1. The van der Waals surface area contributed by atoms with Crippen LogP contribution in [-0.4, -0.2) is 87.1 Å². The lowest BCUT2D eigenvalue weighted by Gasteiger charge is -2.36. The van der Waals surface area contributed by atoms with E-state index in [0.29, 0.717) is 11.1 Å². The summed E-state index contributed by atoms with van der Waals surface area (Å²) in [6.45, 7) is 7.75. The van der Waals surface area contributed by atoms with Crippen molar-refractivity contribution in [3.05, 3.63) is 89.6 Å². The van der Waals surface area contributed by atoms with Gasteiger partial charge < -0.3 is 19.9 Å². The number of anilines is 2. The average molecular weight is 624 g/mol. The third-order valence-electron chi connectivity index (χ3n) is 8.85. The Kier molecular flexibility index (Phi) is 8.77. The Morgan fingerprint density at radius 2 is 1.62 bits per heavy atom. The maximum atomic E-state index is 6.69. The van der Waals surface area contributed by atoms with E-state index in [1.807, 2.05) is 18.3 Å². The number of fused-ring (bicyclic) bond motifs is 1. The van der Waals surface area contributed by atoms with Crippen molar-refractivity contribution in [1.82, 2.24) is 34.7 Å². The molecule has 5 aromatic rings. The number of imidazole rings is 1. The lowest BCUT2D eigenvalue weighted by atomic mass is 10.0. The molecule has 2 N–H and O–H groups in total. The molecular formula is C34H38ClN9O. The van der Waals surface area contributed by atoms with Crippen LogP contribution in [0.5, 0.6) is 5.75 Å². The first kappa shape index (κ1) is 29.5. The van der Waals surface area contributed by atoms with E-state index in [1.165, 1.54) is 11.3 Å². The van der Waals surface area contributed by atoms with Crippen LogP contribution in [0.2, 0.25) is 5.02 Å². The number of pyridine rings is 1. The molecule has 0 bridgehead atoms. The van der Waals surface area contributed by atoms with E-state index in [1.54, 1.807) is 25.7 Å². The molecule has 0 amide bonds. The van der Waals surface area contributed by atoms with Crippen LogP contribution in [-0.2, 0) is 13.1 Å². The Hall–Kier alpha value is -4.25. The van der Waals surface area contributed by atoms with Crippen LogP contribution in [0.4, 0.5) is 11.4 Å². The molecule has 0 unspecified atom stereocenters. The number of aromatic nitrogens is 5. The summed E-state index contributed by atoms with van der Waals surface area (Å²) in [4.78, 5) is 28.9. The Morgan fingerprint density at radius 1 is 0.867 bits per heavy atom. The van der Waals surface area contributed by atoms with Gasteiger partial charge in [0.05, 0.1) is 29.7 Å². The minimum Gasteiger partial charge on any atom is -0.497 e. The molecule has 5 heterocycles. The maximum Gasteiger partial charge on any atom is 0.159 e. The molecule has 11 heteroatoms. The van der Waals surface area contributed by atoms with Gasteiger partial charge in [0.1, 0.15) is 17.1 Å². The highest BCUT2D eigenvalue weighted by Crippen LogP contribution is 2.33. The van der Waals surface area contributed by atoms with Crippen molar-refractivity contribution in [2.24, 2.45) is 0 Å². The lowest BCUT2D eigenvalue weighted by Crippen LogP contribution is -2.46. The van der Waals surface area contributed by atoms with Crippen molar-refractivity contribution >= 4 is 34.1 Å². The molecule has 0 atom stereocenters. The fourth-order valence-electron chi connectivity index (χ4n) is 6.27. The number of halogens is 1. The number of H-pyrrole nitrogens is 1. The summed E-state index contributed by atoms with van der Waals surface area (Å²) >= 11 is 6.69. The lowest BCUT2D eigenvalue weighted by molar-refractivity contribution is 0.211. The minimum atomic E-state index is 0.320. The number of hydrogen-bond acceptors (Lipinski definition) is 9. The highest BCUT2D eigenvalue weighted by molar-refractivity contribution is 6.34. The Bertz CT molecular complexity index is 1700. The second-order valence-electron chi connectivity index (χ2n) is 11.8. The summed E-state index contributed by atoms with van der Waals surface area (Å²) in [5.74, 6) is 1.68. The zero-order valence-electron chi connectivity index (χ0n) is 25.5. The molecule has 10 nitrogen and oxygen atoms in total. The predicted molar refractivity (Wildman–Crippen MR) is 179 cm³/mol. The summed E-state index contributed by atoms with van der Waals surface area (Å²) in [5, 5.41) is 4.30. The third kappa shape index (κ3) is 6.88. The number of hydrogen-bond donors (Lipinski definition) is 2. The number of piperidine rings is 1. The molecular weight excluding hydrogens is 586 g/mol. The number of likely N-dealkylation sites (tertiary alicyclic amines) is 1. The van der Waals surface area contributed by atoms with Crippen LogP contribution in [0.15, 0.2) is 73.3 Å². The summed E-state index contributed by atoms with van der Waals surface area (Å²) in [6, 6.07) is 17.3. The van der Waals surface area contributed by atoms with E-state index in [0.717, 1.165) is 105 Å². The second-order valence-corrected chi connectivity index (χ2v) is 12.2. The average Bonchev–Trinajstić information content (AvgIpc) is 3.53. The van der Waals surface area contributed by atoms with Crippen molar-refractivity contribution < 1.29 is 4.74 Å². The van der Waals surface area contributed by atoms with Crippen LogP contribution in [0, 0.1) is 0 Å². The number of benzene rings is 2. The van der Waals surface area contributed by atoms with Crippen molar-refractivity contribution in [2.75, 3.05) is 56.6 Å². The molecule has 0 radical (unpaired) electrons. The monoisotopic (exact) mass is 623 g/mol. The highest BCUT2D eigenvalue weighted by atomic mass is 35.5. The smallest absolute Gasteiger partial charge is 0.159 e. The van der Waals surface area contributed by atoms with E-state index in [9.17, 15) is 0 Å². The largest absolute Gasteiger partial charge is 0.497 e. The molecule has 2 aromatic carbocycles. The van der Waals surface area contributed by atoms with Gasteiger partial charge in [0.15, 0.2) is 5.65 Å². The molecule has 0 saturated carbocycles. The van der Waals surface area contributed by atoms with E-state index in [2.05, 4.69) is 76.4 Å². The quantitative estimate of drug-likeness (QED) is 0.221. The number of piperazine rings is 1. The van der Waals surface area contributed by atoms with E-state index in [4.69, 9.17) is 21.3 Å². The van der Waals surface area contributed by atoms with Gasteiger partial charge in [-0.1, -0.05) is 23.7 Å². The number of methoxy groups -OCH3 is 1. The van der Waals surface area contributed by atoms with E-state index < -0.39 is 0 Å². The van der Waals surface area contributed by atoms with Gasteiger partial charge in [0.2, 0.25) is 0 Å². The van der Waals surface area contributed by atoms with Crippen molar-refractivity contribution in [3.8, 4) is 17.1 Å². The maximum absolute atomic E-state index is 6.69. The Balaban J connectivity index is 0.969. The molecule has 45 heavy (non-hydrogen) atoms. The number of ether oxygens (including phenoxy) is 1. The number of rotatable bonds is 9. The van der Waals surface area contributed by atoms with Gasteiger partial charge in [-0.05, 0) is 54.8 Å². The third-order valence-corrected chi connectivity index (χ3v) is 9.14. The molecule has 2 aliphatic rings. The number of nitrogens with zero attached hydrogens (tertiary/aromatic N) is 7. The van der Waals surface area contributed by atoms with E-state index >= 15 is 0 Å². The van der Waals surface area contributed by atoms with Gasteiger partial charge >= 0.3 is 0 Å². The van der Waals surface area contributed by atoms with Crippen LogP contribution < -0.4 is 15.0 Å². The molecule has 7 rings (SSSR count). The molecule has 2 aliphatic heterocycles. The first-order valence-corrected chi connectivity index (χ1v) is 16.0. The molecule has 232 valence electrons. The van der Waals surface area contributed by atoms with Crippen molar-refractivity contribution in [3.63, 3.8) is 0 Å². The van der Waals surface area contributed by atoms with Gasteiger partial charge in [-0.15, -0.1) is 0 Å². The molecule has 2 fully saturated rings. The zero-order chi connectivity index (χ0) is 30.6. The summed E-state index contributed by atoms with van der Waals surface area (Å²) in [5.41, 5.74) is 6.92. The fourth-order valence-corrected chi connectivity index (χ4v) is 6.46. The van der Waals surface area contributed by atoms with Crippen molar-refractivity contribution in [1.29, 1.82) is 0 Å². The van der Waals surface area contributed by atoms with Crippen LogP contribution >= 0.6 is 11.6 Å². The van der Waals surface area contributed by atoms with Gasteiger partial charge in [-0.3, -0.25) is 19.8 Å². The summed E-state index contributed by atoms with van der Waals surface area (Å²) < 4.78 is 5.29. The second kappa shape index (κ2) is 13.4. The van der Waals surface area contributed by atoms with E-state index in [-0.39, 0.29) is 0 Å².